The van der Waals surface area contributed by atoms with E-state index in [1.54, 1.807) is 0 Å². The van der Waals surface area contributed by atoms with Gasteiger partial charge in [0.25, 0.3) is 0 Å². The van der Waals surface area contributed by atoms with Crippen LogP contribution in [-0.4, -0.2) is 17.9 Å². The van der Waals surface area contributed by atoms with Gasteiger partial charge >= 0.3 is 0 Å². The molecule has 13 heavy (non-hydrogen) atoms. The molecular weight excluding hydrogens is 168 g/mol. The maximum Gasteiger partial charge on any atom is 0.239 e. The lowest BCUT2D eigenvalue weighted by atomic mass is 10.1. The molecule has 0 heterocycles. The summed E-state index contributed by atoms with van der Waals surface area (Å²) < 4.78 is 0. The van der Waals surface area contributed by atoms with Crippen molar-refractivity contribution in [1.29, 1.82) is 0 Å². The van der Waals surface area contributed by atoms with E-state index in [-0.39, 0.29) is 5.91 Å². The molecule has 0 aliphatic heterocycles. The van der Waals surface area contributed by atoms with Crippen LogP contribution in [0.2, 0.25) is 0 Å². The molecule has 0 spiro atoms. The van der Waals surface area contributed by atoms with Gasteiger partial charge < -0.3 is 11.1 Å². The maximum atomic E-state index is 11.1. The van der Waals surface area contributed by atoms with Gasteiger partial charge in [0.05, 0.1) is 0 Å². The number of nitrogens with two attached hydrogens (primary N) is 1. The van der Waals surface area contributed by atoms with Crippen molar-refractivity contribution in [3.8, 4) is 0 Å². The molecule has 0 aromatic carbocycles. The minimum atomic E-state index is -0.496. The highest BCUT2D eigenvalue weighted by Gasteiger charge is 2.15. The second-order valence-electron chi connectivity index (χ2n) is 3.06. The molecule has 0 saturated heterocycles. The summed E-state index contributed by atoms with van der Waals surface area (Å²) >= 11 is 0. The van der Waals surface area contributed by atoms with Crippen LogP contribution in [0.1, 0.15) is 39.5 Å². The second-order valence-corrected chi connectivity index (χ2v) is 3.06. The average molecular weight is 186 g/mol. The Labute approximate surface area is 78.9 Å². The van der Waals surface area contributed by atoms with Crippen molar-refractivity contribution >= 4 is 11.8 Å². The van der Waals surface area contributed by atoms with Crippen molar-refractivity contribution in [3.05, 3.63) is 0 Å². The molecule has 0 bridgehead atoms. The first-order valence-corrected chi connectivity index (χ1v) is 4.70. The molecule has 1 atom stereocenters. The van der Waals surface area contributed by atoms with Crippen LogP contribution in [-0.2, 0) is 9.59 Å². The van der Waals surface area contributed by atoms with E-state index in [0.29, 0.717) is 12.8 Å². The van der Waals surface area contributed by atoms with Gasteiger partial charge in [-0.2, -0.15) is 0 Å². The Balaban J connectivity index is 3.94. The quantitative estimate of drug-likeness (QED) is 0.636. The fourth-order valence-corrected chi connectivity index (χ4v) is 1.07. The lowest BCUT2D eigenvalue weighted by Crippen LogP contribution is -2.44. The van der Waals surface area contributed by atoms with Crippen molar-refractivity contribution in [2.45, 2.75) is 45.6 Å². The third kappa shape index (κ3) is 5.22. The molecule has 4 nitrogen and oxygen atoms in total. The van der Waals surface area contributed by atoms with Crippen molar-refractivity contribution in [2.24, 2.45) is 5.73 Å². The molecule has 1 unspecified atom stereocenters. The Kier molecular flexibility index (Phi) is 5.93. The number of carbonyl (C=O) groups is 2. The van der Waals surface area contributed by atoms with Gasteiger partial charge in [0, 0.05) is 6.42 Å². The molecule has 0 aromatic rings. The standard InChI is InChI=1S/C9H18N2O2/c1-3-5-7(9(10)13)11-8(12)6-4-2/h7H,3-6H2,1-2H3,(H2,10,13)(H,11,12). The van der Waals surface area contributed by atoms with Gasteiger partial charge in [-0.3, -0.25) is 9.59 Å². The summed E-state index contributed by atoms with van der Waals surface area (Å²) in [4.78, 5) is 22.0. The van der Waals surface area contributed by atoms with E-state index in [1.165, 1.54) is 0 Å². The van der Waals surface area contributed by atoms with Gasteiger partial charge in [-0.25, -0.2) is 0 Å². The molecule has 0 aliphatic rings. The predicted molar refractivity (Wildman–Crippen MR) is 50.9 cm³/mol. The Bertz CT molecular complexity index is 180. The molecule has 3 N–H and O–H groups in total. The lowest BCUT2D eigenvalue weighted by Gasteiger charge is -2.13. The SMILES string of the molecule is CCCC(=O)NC(CCC)C(N)=O. The zero-order valence-electron chi connectivity index (χ0n) is 8.30. The molecule has 0 aromatic heterocycles. The molecule has 0 rings (SSSR count). The van der Waals surface area contributed by atoms with Gasteiger partial charge in [0.2, 0.25) is 11.8 Å². The summed E-state index contributed by atoms with van der Waals surface area (Å²) in [5, 5.41) is 2.60. The van der Waals surface area contributed by atoms with E-state index in [9.17, 15) is 9.59 Å². The van der Waals surface area contributed by atoms with Gasteiger partial charge in [-0.05, 0) is 12.8 Å². The first-order valence-electron chi connectivity index (χ1n) is 4.70. The Morgan fingerprint density at radius 3 is 2.31 bits per heavy atom. The highest BCUT2D eigenvalue weighted by molar-refractivity contribution is 5.86. The Morgan fingerprint density at radius 1 is 1.31 bits per heavy atom. The van der Waals surface area contributed by atoms with E-state index < -0.39 is 11.9 Å². The van der Waals surface area contributed by atoms with Crippen LogP contribution >= 0.6 is 0 Å². The highest BCUT2D eigenvalue weighted by atomic mass is 16.2. The highest BCUT2D eigenvalue weighted by Crippen LogP contribution is 1.97. The average Bonchev–Trinajstić information content (AvgIpc) is 2.04. The smallest absolute Gasteiger partial charge is 0.239 e. The Hall–Kier alpha value is -1.06. The number of nitrogens with one attached hydrogen (secondary N) is 1. The first-order chi connectivity index (χ1) is 6.11. The van der Waals surface area contributed by atoms with Gasteiger partial charge in [0.15, 0.2) is 0 Å². The molecule has 0 radical (unpaired) electrons. The number of primary amides is 1. The van der Waals surface area contributed by atoms with E-state index >= 15 is 0 Å². The van der Waals surface area contributed by atoms with Crippen molar-refractivity contribution in [1.82, 2.24) is 5.32 Å². The molecular formula is C9H18N2O2. The van der Waals surface area contributed by atoms with Gasteiger partial charge in [0.1, 0.15) is 6.04 Å². The Morgan fingerprint density at radius 2 is 1.92 bits per heavy atom. The minimum absolute atomic E-state index is 0.0975. The molecule has 76 valence electrons. The topological polar surface area (TPSA) is 72.2 Å². The minimum Gasteiger partial charge on any atom is -0.368 e. The van der Waals surface area contributed by atoms with E-state index in [0.717, 1.165) is 12.8 Å². The van der Waals surface area contributed by atoms with Gasteiger partial charge in [-0.1, -0.05) is 20.3 Å². The van der Waals surface area contributed by atoms with Crippen molar-refractivity contribution in [2.75, 3.05) is 0 Å². The predicted octanol–water partition coefficient (Wildman–Crippen LogP) is 0.557. The largest absolute Gasteiger partial charge is 0.368 e. The van der Waals surface area contributed by atoms with Crippen molar-refractivity contribution in [3.63, 3.8) is 0 Å². The van der Waals surface area contributed by atoms with Crippen LogP contribution in [0.15, 0.2) is 0 Å². The molecule has 0 fully saturated rings. The summed E-state index contributed by atoms with van der Waals surface area (Å²) in [6, 6.07) is -0.496. The third-order valence-corrected chi connectivity index (χ3v) is 1.73. The van der Waals surface area contributed by atoms with Crippen LogP contribution in [0, 0.1) is 0 Å². The summed E-state index contributed by atoms with van der Waals surface area (Å²) in [5.41, 5.74) is 5.11. The van der Waals surface area contributed by atoms with Crippen LogP contribution < -0.4 is 11.1 Å². The normalized spacial score (nSPS) is 12.2. The summed E-state index contributed by atoms with van der Waals surface area (Å²) in [5.74, 6) is -0.550. The lowest BCUT2D eigenvalue weighted by molar-refractivity contribution is -0.127. The molecule has 4 heteroatoms. The molecule has 2 amide bonds. The third-order valence-electron chi connectivity index (χ3n) is 1.73. The van der Waals surface area contributed by atoms with E-state index in [4.69, 9.17) is 5.73 Å². The van der Waals surface area contributed by atoms with E-state index in [1.807, 2.05) is 13.8 Å². The summed E-state index contributed by atoms with van der Waals surface area (Å²) in [6.07, 6.45) is 2.68. The van der Waals surface area contributed by atoms with Crippen LogP contribution in [0.4, 0.5) is 0 Å². The number of hydrogen-bond donors (Lipinski definition) is 2. The van der Waals surface area contributed by atoms with Gasteiger partial charge in [-0.15, -0.1) is 0 Å². The number of carbonyl (C=O) groups excluding carboxylic acids is 2. The summed E-state index contributed by atoms with van der Waals surface area (Å²) in [6.45, 7) is 3.86. The summed E-state index contributed by atoms with van der Waals surface area (Å²) in [7, 11) is 0. The fourth-order valence-electron chi connectivity index (χ4n) is 1.07. The van der Waals surface area contributed by atoms with Crippen molar-refractivity contribution < 1.29 is 9.59 Å². The van der Waals surface area contributed by atoms with Crippen LogP contribution in [0.25, 0.3) is 0 Å². The number of rotatable bonds is 6. The zero-order valence-corrected chi connectivity index (χ0v) is 8.30. The fraction of sp³-hybridized carbons (Fsp3) is 0.778. The van der Waals surface area contributed by atoms with E-state index in [2.05, 4.69) is 5.32 Å². The zero-order chi connectivity index (χ0) is 10.3. The molecule has 0 aliphatic carbocycles. The first kappa shape index (κ1) is 11.9. The van der Waals surface area contributed by atoms with Crippen LogP contribution in [0.3, 0.4) is 0 Å². The second kappa shape index (κ2) is 6.46. The maximum absolute atomic E-state index is 11.1. The number of hydrogen-bond acceptors (Lipinski definition) is 2. The number of amides is 2. The molecule has 0 saturated carbocycles. The monoisotopic (exact) mass is 186 g/mol. The van der Waals surface area contributed by atoms with Crippen LogP contribution in [0.5, 0.6) is 0 Å².